The largest absolute Gasteiger partial charge is 0.398 e. The standard InChI is InChI=1S/C12H17ClN2O/c1-12(16)5-6-15(8-12)7-9-10(13)3-2-4-11(9)14/h2-4,16H,5-8,14H2,1H3. The fourth-order valence-corrected chi connectivity index (χ4v) is 2.38. The molecule has 88 valence electrons. The number of halogens is 1. The van der Waals surface area contributed by atoms with Crippen molar-refractivity contribution < 1.29 is 5.11 Å². The van der Waals surface area contributed by atoms with Crippen LogP contribution >= 0.6 is 11.6 Å². The maximum atomic E-state index is 9.88. The molecule has 1 saturated heterocycles. The van der Waals surface area contributed by atoms with Crippen LogP contribution in [0.25, 0.3) is 0 Å². The van der Waals surface area contributed by atoms with E-state index >= 15 is 0 Å². The van der Waals surface area contributed by atoms with Crippen molar-refractivity contribution in [3.63, 3.8) is 0 Å². The molecule has 3 nitrogen and oxygen atoms in total. The lowest BCUT2D eigenvalue weighted by atomic mass is 10.1. The van der Waals surface area contributed by atoms with Gasteiger partial charge in [0.25, 0.3) is 0 Å². The molecule has 1 aromatic rings. The van der Waals surface area contributed by atoms with E-state index in [2.05, 4.69) is 4.90 Å². The van der Waals surface area contributed by atoms with Crippen molar-refractivity contribution in [2.45, 2.75) is 25.5 Å². The van der Waals surface area contributed by atoms with Gasteiger partial charge in [-0.15, -0.1) is 0 Å². The van der Waals surface area contributed by atoms with Crippen LogP contribution in [0.5, 0.6) is 0 Å². The Morgan fingerprint density at radius 2 is 2.31 bits per heavy atom. The van der Waals surface area contributed by atoms with Crippen LogP contribution in [0.1, 0.15) is 18.9 Å². The van der Waals surface area contributed by atoms with Crippen molar-refractivity contribution in [3.05, 3.63) is 28.8 Å². The fourth-order valence-electron chi connectivity index (χ4n) is 2.14. The highest BCUT2D eigenvalue weighted by Crippen LogP contribution is 2.27. The van der Waals surface area contributed by atoms with Gasteiger partial charge in [-0.2, -0.15) is 0 Å². The summed E-state index contributed by atoms with van der Waals surface area (Å²) in [6.45, 7) is 4.14. The number of benzene rings is 1. The Kier molecular flexibility index (Phi) is 3.10. The molecule has 0 aliphatic carbocycles. The molecule has 1 atom stereocenters. The van der Waals surface area contributed by atoms with E-state index in [4.69, 9.17) is 17.3 Å². The van der Waals surface area contributed by atoms with Crippen LogP contribution in [0.3, 0.4) is 0 Å². The Morgan fingerprint density at radius 3 is 2.88 bits per heavy atom. The molecule has 3 N–H and O–H groups in total. The molecule has 0 amide bonds. The van der Waals surface area contributed by atoms with Crippen molar-refractivity contribution in [1.29, 1.82) is 0 Å². The summed E-state index contributed by atoms with van der Waals surface area (Å²) in [5.74, 6) is 0. The van der Waals surface area contributed by atoms with E-state index in [1.807, 2.05) is 25.1 Å². The molecule has 2 rings (SSSR count). The van der Waals surface area contributed by atoms with Crippen LogP contribution in [0.4, 0.5) is 5.69 Å². The first-order chi connectivity index (χ1) is 7.48. The molecule has 1 aliphatic rings. The minimum Gasteiger partial charge on any atom is -0.398 e. The van der Waals surface area contributed by atoms with Crippen molar-refractivity contribution >= 4 is 17.3 Å². The third-order valence-electron chi connectivity index (χ3n) is 3.07. The van der Waals surface area contributed by atoms with E-state index in [0.29, 0.717) is 18.1 Å². The SMILES string of the molecule is CC1(O)CCN(Cc2c(N)cccc2Cl)C1. The topological polar surface area (TPSA) is 49.5 Å². The molecule has 1 unspecified atom stereocenters. The van der Waals surface area contributed by atoms with Crippen molar-refractivity contribution in [2.75, 3.05) is 18.8 Å². The lowest BCUT2D eigenvalue weighted by Gasteiger charge is -2.20. The number of nitrogen functional groups attached to an aromatic ring is 1. The zero-order valence-electron chi connectivity index (χ0n) is 9.41. The van der Waals surface area contributed by atoms with E-state index < -0.39 is 5.60 Å². The highest BCUT2D eigenvalue weighted by atomic mass is 35.5. The summed E-state index contributed by atoms with van der Waals surface area (Å²) in [5, 5.41) is 10.6. The molecule has 0 bridgehead atoms. The molecule has 0 saturated carbocycles. The van der Waals surface area contributed by atoms with E-state index in [-0.39, 0.29) is 0 Å². The summed E-state index contributed by atoms with van der Waals surface area (Å²) in [7, 11) is 0. The molecule has 1 aromatic carbocycles. The summed E-state index contributed by atoms with van der Waals surface area (Å²) in [6, 6.07) is 5.55. The smallest absolute Gasteiger partial charge is 0.0758 e. The van der Waals surface area contributed by atoms with Gasteiger partial charge >= 0.3 is 0 Å². The number of β-amino-alcohol motifs (C(OH)–C–C–N with tert-alkyl or cyclic N) is 1. The second-order valence-corrected chi connectivity index (χ2v) is 5.17. The van der Waals surface area contributed by atoms with E-state index in [1.165, 1.54) is 0 Å². The number of hydrogen-bond acceptors (Lipinski definition) is 3. The zero-order valence-corrected chi connectivity index (χ0v) is 10.2. The maximum absolute atomic E-state index is 9.88. The first kappa shape index (κ1) is 11.7. The van der Waals surface area contributed by atoms with Gasteiger partial charge in [-0.3, -0.25) is 4.90 Å². The number of anilines is 1. The number of likely N-dealkylation sites (tertiary alicyclic amines) is 1. The Morgan fingerprint density at radius 1 is 1.56 bits per heavy atom. The van der Waals surface area contributed by atoms with Crippen LogP contribution < -0.4 is 5.73 Å². The number of nitrogens with zero attached hydrogens (tertiary/aromatic N) is 1. The quantitative estimate of drug-likeness (QED) is 0.776. The third kappa shape index (κ3) is 2.48. The highest BCUT2D eigenvalue weighted by Gasteiger charge is 2.31. The average molecular weight is 241 g/mol. The number of hydrogen-bond donors (Lipinski definition) is 2. The van der Waals surface area contributed by atoms with Crippen LogP contribution in [0, 0.1) is 0 Å². The first-order valence-electron chi connectivity index (χ1n) is 5.45. The van der Waals surface area contributed by atoms with Crippen LogP contribution in [-0.2, 0) is 6.54 Å². The summed E-state index contributed by atoms with van der Waals surface area (Å²) in [5.41, 5.74) is 7.00. The molecule has 0 aromatic heterocycles. The lowest BCUT2D eigenvalue weighted by molar-refractivity contribution is 0.0679. The molecule has 1 aliphatic heterocycles. The molecular weight excluding hydrogens is 224 g/mol. The molecule has 4 heteroatoms. The average Bonchev–Trinajstić information content (AvgIpc) is 2.52. The predicted molar refractivity (Wildman–Crippen MR) is 66.4 cm³/mol. The first-order valence-corrected chi connectivity index (χ1v) is 5.83. The third-order valence-corrected chi connectivity index (χ3v) is 3.42. The van der Waals surface area contributed by atoms with Gasteiger partial charge in [-0.1, -0.05) is 17.7 Å². The molecule has 16 heavy (non-hydrogen) atoms. The van der Waals surface area contributed by atoms with Gasteiger partial charge in [0.2, 0.25) is 0 Å². The summed E-state index contributed by atoms with van der Waals surface area (Å²) in [6.07, 6.45) is 0.803. The monoisotopic (exact) mass is 240 g/mol. The van der Waals surface area contributed by atoms with Crippen molar-refractivity contribution in [1.82, 2.24) is 4.90 Å². The van der Waals surface area contributed by atoms with Gasteiger partial charge in [0.15, 0.2) is 0 Å². The predicted octanol–water partition coefficient (Wildman–Crippen LogP) is 1.88. The van der Waals surface area contributed by atoms with Crippen LogP contribution in [0.2, 0.25) is 5.02 Å². The van der Waals surface area contributed by atoms with E-state index in [1.54, 1.807) is 0 Å². The fraction of sp³-hybridized carbons (Fsp3) is 0.500. The Hall–Kier alpha value is -0.770. The van der Waals surface area contributed by atoms with E-state index in [9.17, 15) is 5.11 Å². The summed E-state index contributed by atoms with van der Waals surface area (Å²) < 4.78 is 0. The molecule has 1 fully saturated rings. The lowest BCUT2D eigenvalue weighted by Crippen LogP contribution is -2.29. The minimum atomic E-state index is -0.573. The normalized spacial score (nSPS) is 26.2. The molecular formula is C12H17ClN2O. The van der Waals surface area contributed by atoms with Gasteiger partial charge in [0.1, 0.15) is 0 Å². The van der Waals surface area contributed by atoms with Crippen molar-refractivity contribution in [2.24, 2.45) is 0 Å². The zero-order chi connectivity index (χ0) is 11.8. The molecule has 1 heterocycles. The van der Waals surface area contributed by atoms with Gasteiger partial charge < -0.3 is 10.8 Å². The minimum absolute atomic E-state index is 0.573. The van der Waals surface area contributed by atoms with Crippen LogP contribution in [0.15, 0.2) is 18.2 Å². The highest BCUT2D eigenvalue weighted by molar-refractivity contribution is 6.31. The number of rotatable bonds is 2. The number of nitrogens with two attached hydrogens (primary N) is 1. The van der Waals surface area contributed by atoms with Gasteiger partial charge in [0, 0.05) is 35.9 Å². The van der Waals surface area contributed by atoms with Crippen LogP contribution in [-0.4, -0.2) is 28.7 Å². The van der Waals surface area contributed by atoms with Crippen molar-refractivity contribution in [3.8, 4) is 0 Å². The Labute approximate surface area is 101 Å². The van der Waals surface area contributed by atoms with Gasteiger partial charge in [0.05, 0.1) is 5.60 Å². The summed E-state index contributed by atoms with van der Waals surface area (Å²) in [4.78, 5) is 2.18. The maximum Gasteiger partial charge on any atom is 0.0758 e. The molecule has 0 radical (unpaired) electrons. The summed E-state index contributed by atoms with van der Waals surface area (Å²) >= 11 is 6.11. The molecule has 0 spiro atoms. The Balaban J connectivity index is 2.11. The van der Waals surface area contributed by atoms with Gasteiger partial charge in [-0.05, 0) is 25.5 Å². The van der Waals surface area contributed by atoms with Gasteiger partial charge in [-0.25, -0.2) is 0 Å². The second kappa shape index (κ2) is 4.24. The number of aliphatic hydroxyl groups is 1. The Bertz CT molecular complexity index is 372. The second-order valence-electron chi connectivity index (χ2n) is 4.77. The van der Waals surface area contributed by atoms with E-state index in [0.717, 1.165) is 24.2 Å².